The van der Waals surface area contributed by atoms with Crippen molar-refractivity contribution in [3.8, 4) is 0 Å². The average Bonchev–Trinajstić information content (AvgIpc) is 1.82. The van der Waals surface area contributed by atoms with E-state index in [-0.39, 0.29) is 0 Å². The predicted molar refractivity (Wildman–Crippen MR) is 36.0 cm³/mol. The number of aliphatic hydroxyl groups is 1. The molecule has 1 heterocycles. The zero-order valence-corrected chi connectivity index (χ0v) is 5.72. The van der Waals surface area contributed by atoms with E-state index >= 15 is 0 Å². The summed E-state index contributed by atoms with van der Waals surface area (Å²) in [6, 6.07) is 0. The fourth-order valence-electron chi connectivity index (χ4n) is 1.17. The average molecular weight is 130 g/mol. The molecule has 0 amide bonds. The first-order chi connectivity index (χ1) is 4.38. The lowest BCUT2D eigenvalue weighted by Crippen LogP contribution is -2.59. The van der Waals surface area contributed by atoms with Crippen LogP contribution in [0.3, 0.4) is 0 Å². The maximum absolute atomic E-state index is 8.56. The van der Waals surface area contributed by atoms with Gasteiger partial charge >= 0.3 is 0 Å². The third kappa shape index (κ3) is 1.41. The number of nitrogens with one attached hydrogen (secondary N) is 2. The second-order valence-electron chi connectivity index (χ2n) is 2.45. The Morgan fingerprint density at radius 2 is 2.56 bits per heavy atom. The summed E-state index contributed by atoms with van der Waals surface area (Å²) >= 11 is 0. The lowest BCUT2D eigenvalue weighted by atomic mass is 9.95. The van der Waals surface area contributed by atoms with Crippen LogP contribution >= 0.6 is 0 Å². The molecule has 1 fully saturated rings. The van der Waals surface area contributed by atoms with E-state index in [4.69, 9.17) is 5.11 Å². The number of aliphatic hydroxyl groups excluding tert-OH is 1. The molecule has 1 aliphatic rings. The number of hydrogen-bond donors (Lipinski definition) is 3. The summed E-state index contributed by atoms with van der Waals surface area (Å²) in [6.45, 7) is 1.36. The molecule has 0 radical (unpaired) electrons. The van der Waals surface area contributed by atoms with Crippen molar-refractivity contribution in [2.24, 2.45) is 5.92 Å². The topological polar surface area (TPSA) is 44.3 Å². The van der Waals surface area contributed by atoms with Gasteiger partial charge in [-0.05, 0) is 13.5 Å². The van der Waals surface area contributed by atoms with Gasteiger partial charge in [0.1, 0.15) is 0 Å². The van der Waals surface area contributed by atoms with Crippen molar-refractivity contribution in [3.05, 3.63) is 0 Å². The first-order valence-electron chi connectivity index (χ1n) is 3.40. The Labute approximate surface area is 55.5 Å². The van der Waals surface area contributed by atoms with Gasteiger partial charge in [-0.3, -0.25) is 0 Å². The molecule has 1 aliphatic heterocycles. The smallest absolute Gasteiger partial charge is 0.0611 e. The summed E-state index contributed by atoms with van der Waals surface area (Å²) in [4.78, 5) is 0. The molecule has 0 bridgehead atoms. The Morgan fingerprint density at radius 3 is 2.89 bits per heavy atom. The molecule has 9 heavy (non-hydrogen) atoms. The zero-order chi connectivity index (χ0) is 6.69. The second-order valence-corrected chi connectivity index (χ2v) is 2.45. The van der Waals surface area contributed by atoms with E-state index < -0.39 is 0 Å². The molecule has 2 unspecified atom stereocenters. The standard InChI is InChI=1S/C6H14N2O/c1-7-6-5(2-3-9)4-8-6/h5-9H,2-4H2,1H3. The van der Waals surface area contributed by atoms with E-state index in [0.29, 0.717) is 18.7 Å². The maximum atomic E-state index is 8.56. The fourth-order valence-corrected chi connectivity index (χ4v) is 1.17. The summed E-state index contributed by atoms with van der Waals surface area (Å²) in [7, 11) is 1.93. The van der Waals surface area contributed by atoms with Crippen molar-refractivity contribution in [2.75, 3.05) is 20.2 Å². The molecule has 2 atom stereocenters. The van der Waals surface area contributed by atoms with Crippen molar-refractivity contribution in [2.45, 2.75) is 12.6 Å². The van der Waals surface area contributed by atoms with Crippen LogP contribution < -0.4 is 10.6 Å². The van der Waals surface area contributed by atoms with Crippen molar-refractivity contribution < 1.29 is 5.11 Å². The van der Waals surface area contributed by atoms with E-state index in [2.05, 4.69) is 10.6 Å². The summed E-state index contributed by atoms with van der Waals surface area (Å²) in [5.41, 5.74) is 0. The molecule has 0 aromatic heterocycles. The predicted octanol–water partition coefficient (Wildman–Crippen LogP) is -0.866. The van der Waals surface area contributed by atoms with Crippen LogP contribution in [0.2, 0.25) is 0 Å². The molecule has 3 heteroatoms. The van der Waals surface area contributed by atoms with Crippen LogP contribution in [0.15, 0.2) is 0 Å². The lowest BCUT2D eigenvalue weighted by Gasteiger charge is -2.37. The maximum Gasteiger partial charge on any atom is 0.0611 e. The molecule has 1 rings (SSSR count). The first-order valence-corrected chi connectivity index (χ1v) is 3.40. The minimum absolute atomic E-state index is 0.310. The SMILES string of the molecule is CNC1NCC1CCO. The molecule has 0 spiro atoms. The first kappa shape index (κ1) is 6.99. The van der Waals surface area contributed by atoms with Gasteiger partial charge in [-0.25, -0.2) is 0 Å². The van der Waals surface area contributed by atoms with Crippen LogP contribution in [0.1, 0.15) is 6.42 Å². The van der Waals surface area contributed by atoms with E-state index in [9.17, 15) is 0 Å². The van der Waals surface area contributed by atoms with Gasteiger partial charge in [0.15, 0.2) is 0 Å². The Kier molecular flexibility index (Phi) is 2.45. The van der Waals surface area contributed by atoms with Gasteiger partial charge in [-0.2, -0.15) is 0 Å². The van der Waals surface area contributed by atoms with Crippen LogP contribution in [0.5, 0.6) is 0 Å². The van der Waals surface area contributed by atoms with Gasteiger partial charge in [-0.15, -0.1) is 0 Å². The van der Waals surface area contributed by atoms with Gasteiger partial charge in [0.05, 0.1) is 6.17 Å². The number of hydrogen-bond acceptors (Lipinski definition) is 3. The van der Waals surface area contributed by atoms with E-state index in [1.807, 2.05) is 7.05 Å². The van der Waals surface area contributed by atoms with Crippen molar-refractivity contribution in [1.29, 1.82) is 0 Å². The Balaban J connectivity index is 2.11. The molecular formula is C6H14N2O. The largest absolute Gasteiger partial charge is 0.396 e. The molecule has 0 aromatic rings. The van der Waals surface area contributed by atoms with Crippen LogP contribution in [-0.4, -0.2) is 31.5 Å². The summed E-state index contributed by atoms with van der Waals surface area (Å²) in [5, 5.41) is 14.9. The third-order valence-corrected chi connectivity index (χ3v) is 1.88. The van der Waals surface area contributed by atoms with Gasteiger partial charge in [0, 0.05) is 19.1 Å². The second kappa shape index (κ2) is 3.15. The van der Waals surface area contributed by atoms with Crippen LogP contribution in [0, 0.1) is 5.92 Å². The van der Waals surface area contributed by atoms with Crippen LogP contribution in [0.25, 0.3) is 0 Å². The molecular weight excluding hydrogens is 116 g/mol. The quantitative estimate of drug-likeness (QED) is 0.465. The molecule has 54 valence electrons. The molecule has 0 aromatic carbocycles. The minimum Gasteiger partial charge on any atom is -0.396 e. The monoisotopic (exact) mass is 130 g/mol. The van der Waals surface area contributed by atoms with Crippen molar-refractivity contribution in [3.63, 3.8) is 0 Å². The van der Waals surface area contributed by atoms with Gasteiger partial charge in [0.25, 0.3) is 0 Å². The van der Waals surface area contributed by atoms with Crippen molar-refractivity contribution in [1.82, 2.24) is 10.6 Å². The summed E-state index contributed by atoms with van der Waals surface area (Å²) in [6.07, 6.45) is 1.36. The van der Waals surface area contributed by atoms with Gasteiger partial charge in [0.2, 0.25) is 0 Å². The normalized spacial score (nSPS) is 34.0. The summed E-state index contributed by atoms with van der Waals surface area (Å²) in [5.74, 6) is 0.639. The molecule has 1 saturated heterocycles. The Morgan fingerprint density at radius 1 is 1.78 bits per heavy atom. The highest BCUT2D eigenvalue weighted by Crippen LogP contribution is 2.13. The molecule has 3 N–H and O–H groups in total. The highest BCUT2D eigenvalue weighted by molar-refractivity contribution is 4.84. The van der Waals surface area contributed by atoms with Gasteiger partial charge < -0.3 is 15.7 Å². The van der Waals surface area contributed by atoms with Crippen molar-refractivity contribution >= 4 is 0 Å². The highest BCUT2D eigenvalue weighted by atomic mass is 16.3. The van der Waals surface area contributed by atoms with Crippen LogP contribution in [0.4, 0.5) is 0 Å². The lowest BCUT2D eigenvalue weighted by molar-refractivity contribution is 0.152. The number of rotatable bonds is 3. The molecule has 3 nitrogen and oxygen atoms in total. The molecule has 0 saturated carbocycles. The minimum atomic E-state index is 0.310. The van der Waals surface area contributed by atoms with E-state index in [0.717, 1.165) is 13.0 Å². The van der Waals surface area contributed by atoms with E-state index in [1.165, 1.54) is 0 Å². The summed E-state index contributed by atoms with van der Waals surface area (Å²) < 4.78 is 0. The van der Waals surface area contributed by atoms with Crippen LogP contribution in [-0.2, 0) is 0 Å². The van der Waals surface area contributed by atoms with E-state index in [1.54, 1.807) is 0 Å². The Bertz CT molecular complexity index is 85.1. The fraction of sp³-hybridized carbons (Fsp3) is 1.00. The highest BCUT2D eigenvalue weighted by Gasteiger charge is 2.27. The Hall–Kier alpha value is -0.120. The zero-order valence-electron chi connectivity index (χ0n) is 5.72. The molecule has 0 aliphatic carbocycles. The third-order valence-electron chi connectivity index (χ3n) is 1.88. The van der Waals surface area contributed by atoms with Gasteiger partial charge in [-0.1, -0.05) is 0 Å².